The third-order valence-corrected chi connectivity index (χ3v) is 5.76. The van der Waals surface area contributed by atoms with E-state index >= 15 is 0 Å². The fraction of sp³-hybridized carbons (Fsp3) is 0.125. The Morgan fingerprint density at radius 3 is 2.64 bits per heavy atom. The summed E-state index contributed by atoms with van der Waals surface area (Å²) in [7, 11) is 1.24. The van der Waals surface area contributed by atoms with Gasteiger partial charge in [-0.1, -0.05) is 24.3 Å². The lowest BCUT2D eigenvalue weighted by atomic mass is 10.0. The second-order valence-corrected chi connectivity index (χ2v) is 7.78. The number of halogens is 1. The van der Waals surface area contributed by atoms with Crippen LogP contribution in [0.4, 0.5) is 9.39 Å². The third kappa shape index (κ3) is 4.35. The number of para-hydroxylation sites is 1. The van der Waals surface area contributed by atoms with Gasteiger partial charge in [-0.15, -0.1) is 11.3 Å². The Morgan fingerprint density at radius 1 is 1.18 bits per heavy atom. The summed E-state index contributed by atoms with van der Waals surface area (Å²) >= 11 is 1.12. The molecule has 0 aliphatic carbocycles. The van der Waals surface area contributed by atoms with Crippen LogP contribution >= 0.6 is 11.3 Å². The van der Waals surface area contributed by atoms with Gasteiger partial charge in [0.15, 0.2) is 11.3 Å². The van der Waals surface area contributed by atoms with Crippen LogP contribution in [0.15, 0.2) is 58.3 Å². The predicted molar refractivity (Wildman–Crippen MR) is 122 cm³/mol. The lowest BCUT2D eigenvalue weighted by Gasteiger charge is -2.10. The Hall–Kier alpha value is -3.98. The molecule has 0 radical (unpaired) electrons. The van der Waals surface area contributed by atoms with Gasteiger partial charge in [-0.25, -0.2) is 9.18 Å². The molecule has 4 aromatic rings. The molecule has 0 unspecified atom stereocenters. The van der Waals surface area contributed by atoms with Crippen molar-refractivity contribution in [3.63, 3.8) is 0 Å². The van der Waals surface area contributed by atoms with E-state index in [1.807, 2.05) is 6.92 Å². The number of benzene rings is 2. The van der Waals surface area contributed by atoms with Crippen LogP contribution in [-0.2, 0) is 4.74 Å². The summed E-state index contributed by atoms with van der Waals surface area (Å²) in [5, 5.41) is 13.4. The van der Waals surface area contributed by atoms with Gasteiger partial charge in [-0.2, -0.15) is 0 Å². The zero-order valence-corrected chi connectivity index (χ0v) is 18.5. The Morgan fingerprint density at radius 2 is 1.94 bits per heavy atom. The zero-order chi connectivity index (χ0) is 23.5. The van der Waals surface area contributed by atoms with Gasteiger partial charge in [-0.3, -0.25) is 10.2 Å². The van der Waals surface area contributed by atoms with Crippen molar-refractivity contribution in [3.05, 3.63) is 76.4 Å². The average molecular weight is 466 g/mol. The van der Waals surface area contributed by atoms with Crippen molar-refractivity contribution in [1.82, 2.24) is 0 Å². The molecule has 0 fully saturated rings. The van der Waals surface area contributed by atoms with E-state index in [0.29, 0.717) is 34.5 Å². The quantitative estimate of drug-likeness (QED) is 0.380. The average Bonchev–Trinajstić information content (AvgIpc) is 3.22. The van der Waals surface area contributed by atoms with Crippen molar-refractivity contribution < 1.29 is 27.9 Å². The summed E-state index contributed by atoms with van der Waals surface area (Å²) in [6, 6.07) is 12.4. The number of hydrogen-bond donors (Lipinski definition) is 2. The molecular weight excluding hydrogens is 447 g/mol. The topological polar surface area (TPSA) is 102 Å². The molecule has 4 rings (SSSR count). The Labute approximate surface area is 191 Å². The summed E-state index contributed by atoms with van der Waals surface area (Å²) in [5.74, 6) is -1.20. The standard InChI is InChI=1S/C24H19FN2O5S/c1-3-31-18-6-4-5-14-11-16(21(26)32-20(14)18)22(28)27-23-19(24(29)30-2)17(12-33-23)13-7-9-15(25)10-8-13/h4-12,26H,3H2,1-2H3,(H,27,28). The number of esters is 1. The van der Waals surface area contributed by atoms with E-state index in [9.17, 15) is 14.0 Å². The highest BCUT2D eigenvalue weighted by molar-refractivity contribution is 7.15. The highest BCUT2D eigenvalue weighted by Gasteiger charge is 2.24. The van der Waals surface area contributed by atoms with Crippen LogP contribution in [0, 0.1) is 11.2 Å². The number of ether oxygens (including phenoxy) is 2. The molecule has 9 heteroatoms. The maximum Gasteiger partial charge on any atom is 0.341 e. The maximum atomic E-state index is 13.3. The van der Waals surface area contributed by atoms with Crippen molar-refractivity contribution in [3.8, 4) is 16.9 Å². The van der Waals surface area contributed by atoms with Crippen LogP contribution in [0.1, 0.15) is 27.6 Å². The first-order valence-electron chi connectivity index (χ1n) is 9.94. The SMILES string of the molecule is CCOc1cccc2cc(C(=O)Nc3scc(-c4ccc(F)cc4)c3C(=O)OC)c(=N)oc12. The zero-order valence-electron chi connectivity index (χ0n) is 17.7. The number of hydrogen-bond acceptors (Lipinski definition) is 7. The van der Waals surface area contributed by atoms with Crippen molar-refractivity contribution in [2.45, 2.75) is 6.92 Å². The van der Waals surface area contributed by atoms with Crippen molar-refractivity contribution >= 4 is 39.2 Å². The van der Waals surface area contributed by atoms with E-state index < -0.39 is 17.7 Å². The normalized spacial score (nSPS) is 10.8. The van der Waals surface area contributed by atoms with Gasteiger partial charge in [0.2, 0.25) is 5.55 Å². The molecule has 2 aromatic heterocycles. The third-order valence-electron chi connectivity index (χ3n) is 4.87. The van der Waals surface area contributed by atoms with E-state index in [2.05, 4.69) is 5.32 Å². The molecule has 0 saturated carbocycles. The Bertz CT molecular complexity index is 1410. The second kappa shape index (κ2) is 9.25. The molecule has 0 saturated heterocycles. The van der Waals surface area contributed by atoms with Crippen molar-refractivity contribution in [2.75, 3.05) is 19.0 Å². The lowest BCUT2D eigenvalue weighted by Crippen LogP contribution is -2.21. The minimum atomic E-state index is -0.651. The largest absolute Gasteiger partial charge is 0.490 e. The first kappa shape index (κ1) is 22.2. The highest BCUT2D eigenvalue weighted by atomic mass is 32.1. The molecule has 33 heavy (non-hydrogen) atoms. The van der Waals surface area contributed by atoms with Gasteiger partial charge in [0.1, 0.15) is 21.9 Å². The number of anilines is 1. The maximum absolute atomic E-state index is 13.3. The van der Waals surface area contributed by atoms with E-state index in [4.69, 9.17) is 19.3 Å². The molecule has 0 spiro atoms. The van der Waals surface area contributed by atoms with Crippen LogP contribution in [0.2, 0.25) is 0 Å². The molecule has 168 valence electrons. The van der Waals surface area contributed by atoms with Gasteiger partial charge < -0.3 is 19.2 Å². The van der Waals surface area contributed by atoms with Gasteiger partial charge in [0.05, 0.1) is 13.7 Å². The van der Waals surface area contributed by atoms with Gasteiger partial charge in [-0.05, 0) is 36.8 Å². The number of carbonyl (C=O) groups excluding carboxylic acids is 2. The molecule has 1 amide bonds. The molecule has 7 nitrogen and oxygen atoms in total. The molecule has 0 bridgehead atoms. The summed E-state index contributed by atoms with van der Waals surface area (Å²) in [6.07, 6.45) is 0. The monoisotopic (exact) mass is 466 g/mol. The Kier molecular flexibility index (Phi) is 6.23. The summed E-state index contributed by atoms with van der Waals surface area (Å²) in [5.41, 5.74) is 1.25. The van der Waals surface area contributed by atoms with Gasteiger partial charge in [0, 0.05) is 16.3 Å². The molecule has 0 aliphatic rings. The first-order valence-corrected chi connectivity index (χ1v) is 10.8. The lowest BCUT2D eigenvalue weighted by molar-refractivity contribution is 0.0603. The van der Waals surface area contributed by atoms with Crippen molar-refractivity contribution in [2.24, 2.45) is 0 Å². The van der Waals surface area contributed by atoms with Gasteiger partial charge in [0.25, 0.3) is 5.91 Å². The van der Waals surface area contributed by atoms with Crippen LogP contribution in [0.3, 0.4) is 0 Å². The highest BCUT2D eigenvalue weighted by Crippen LogP contribution is 2.36. The van der Waals surface area contributed by atoms with Crippen molar-refractivity contribution in [1.29, 1.82) is 5.41 Å². The molecule has 0 atom stereocenters. The summed E-state index contributed by atoms with van der Waals surface area (Å²) < 4.78 is 29.3. The molecule has 2 N–H and O–H groups in total. The van der Waals surface area contributed by atoms with Crippen LogP contribution in [0.5, 0.6) is 5.75 Å². The van der Waals surface area contributed by atoms with E-state index in [1.165, 1.54) is 37.4 Å². The number of amides is 1. The summed E-state index contributed by atoms with van der Waals surface area (Å²) in [4.78, 5) is 25.5. The van der Waals surface area contributed by atoms with E-state index in [-0.39, 0.29) is 21.7 Å². The fourth-order valence-electron chi connectivity index (χ4n) is 3.34. The molecule has 2 aromatic carbocycles. The second-order valence-electron chi connectivity index (χ2n) is 6.90. The fourth-order valence-corrected chi connectivity index (χ4v) is 4.29. The Balaban J connectivity index is 1.72. The number of methoxy groups -OCH3 is 1. The molecule has 2 heterocycles. The van der Waals surface area contributed by atoms with Crippen LogP contribution < -0.4 is 15.6 Å². The minimum absolute atomic E-state index is 0.0105. The first-order chi connectivity index (χ1) is 15.9. The molecular formula is C24H19FN2O5S. The number of nitrogens with one attached hydrogen (secondary N) is 2. The van der Waals surface area contributed by atoms with Crippen LogP contribution in [0.25, 0.3) is 22.1 Å². The number of thiophene rings is 1. The molecule has 0 aliphatic heterocycles. The van der Waals surface area contributed by atoms with Crippen LogP contribution in [-0.4, -0.2) is 25.6 Å². The predicted octanol–water partition coefficient (Wildman–Crippen LogP) is 5.22. The number of rotatable bonds is 6. The minimum Gasteiger partial charge on any atom is -0.490 e. The summed E-state index contributed by atoms with van der Waals surface area (Å²) in [6.45, 7) is 2.26. The van der Waals surface area contributed by atoms with E-state index in [0.717, 1.165) is 11.3 Å². The van der Waals surface area contributed by atoms with Gasteiger partial charge >= 0.3 is 5.97 Å². The number of fused-ring (bicyclic) bond motifs is 1. The number of carbonyl (C=O) groups is 2. The smallest absolute Gasteiger partial charge is 0.341 e. The van der Waals surface area contributed by atoms with E-state index in [1.54, 1.807) is 23.6 Å².